The lowest BCUT2D eigenvalue weighted by Crippen LogP contribution is -2.51. The summed E-state index contributed by atoms with van der Waals surface area (Å²) in [6.45, 7) is 4.97. The molecule has 7 nitrogen and oxygen atoms in total. The first-order valence-corrected chi connectivity index (χ1v) is 10.3. The highest BCUT2D eigenvalue weighted by molar-refractivity contribution is 14.0. The minimum absolute atomic E-state index is 0. The summed E-state index contributed by atoms with van der Waals surface area (Å²) in [6, 6.07) is 15.1. The first kappa shape index (κ1) is 22.3. The number of hydrogen-bond acceptors (Lipinski definition) is 4. The van der Waals surface area contributed by atoms with Gasteiger partial charge >= 0.3 is 0 Å². The molecule has 2 N–H and O–H groups in total. The van der Waals surface area contributed by atoms with Crippen molar-refractivity contribution in [2.45, 2.75) is 32.2 Å². The van der Waals surface area contributed by atoms with Gasteiger partial charge in [0, 0.05) is 51.0 Å². The number of aliphatic imine (C=N–C) groups is 1. The van der Waals surface area contributed by atoms with Crippen LogP contribution in [0.2, 0.25) is 0 Å². The Morgan fingerprint density at radius 1 is 1.17 bits per heavy atom. The number of benzene rings is 1. The van der Waals surface area contributed by atoms with Crippen molar-refractivity contribution in [3.63, 3.8) is 0 Å². The zero-order chi connectivity index (χ0) is 20.1. The smallest absolute Gasteiger partial charge is 0.191 e. The van der Waals surface area contributed by atoms with Crippen LogP contribution in [-0.4, -0.2) is 53.3 Å². The molecule has 3 aromatic rings. The molecule has 30 heavy (non-hydrogen) atoms. The Kier molecular flexibility index (Phi) is 7.89. The van der Waals surface area contributed by atoms with Crippen LogP contribution in [-0.2, 0) is 6.42 Å². The van der Waals surface area contributed by atoms with Crippen molar-refractivity contribution in [3.8, 4) is 0 Å². The molecule has 0 saturated carbocycles. The summed E-state index contributed by atoms with van der Waals surface area (Å²) in [5, 5.41) is 15.5. The van der Waals surface area contributed by atoms with Gasteiger partial charge in [0.05, 0.1) is 0 Å². The van der Waals surface area contributed by atoms with Crippen LogP contribution in [0.5, 0.6) is 0 Å². The number of aryl methyl sites for hydroxylation is 1. The molecule has 3 heterocycles. The number of nitrogens with one attached hydrogen (secondary N) is 2. The highest BCUT2D eigenvalue weighted by Crippen LogP contribution is 2.20. The van der Waals surface area contributed by atoms with E-state index in [0.29, 0.717) is 6.04 Å². The zero-order valence-electron chi connectivity index (χ0n) is 17.6. The van der Waals surface area contributed by atoms with Crippen LogP contribution in [0.4, 0.5) is 5.69 Å². The average molecular weight is 519 g/mol. The monoisotopic (exact) mass is 519 g/mol. The summed E-state index contributed by atoms with van der Waals surface area (Å²) in [6.07, 6.45) is 5.11. The van der Waals surface area contributed by atoms with Crippen LogP contribution in [0.15, 0.2) is 53.7 Å². The number of guanidine groups is 1. The highest BCUT2D eigenvalue weighted by atomic mass is 127. The van der Waals surface area contributed by atoms with E-state index < -0.39 is 0 Å². The van der Waals surface area contributed by atoms with E-state index in [1.165, 1.54) is 17.7 Å². The molecule has 1 fully saturated rings. The van der Waals surface area contributed by atoms with E-state index in [0.717, 1.165) is 49.9 Å². The fraction of sp³-hybridized carbons (Fsp3) is 0.409. The number of halogens is 1. The third-order valence-corrected chi connectivity index (χ3v) is 5.41. The maximum atomic E-state index is 4.41. The van der Waals surface area contributed by atoms with E-state index in [-0.39, 0.29) is 24.0 Å². The van der Waals surface area contributed by atoms with Crippen LogP contribution in [0, 0.1) is 6.92 Å². The van der Waals surface area contributed by atoms with E-state index in [2.05, 4.69) is 61.9 Å². The molecule has 4 rings (SSSR count). The first-order valence-electron chi connectivity index (χ1n) is 10.3. The predicted octanol–water partition coefficient (Wildman–Crippen LogP) is 3.03. The molecule has 1 saturated heterocycles. The summed E-state index contributed by atoms with van der Waals surface area (Å²) in [5.74, 6) is 1.79. The lowest BCUT2D eigenvalue weighted by molar-refractivity contribution is 0.468. The Bertz CT molecular complexity index is 967. The van der Waals surface area contributed by atoms with Gasteiger partial charge in [-0.2, -0.15) is 0 Å². The molecule has 1 atom stereocenters. The number of anilines is 1. The molecule has 1 aromatic carbocycles. The summed E-state index contributed by atoms with van der Waals surface area (Å²) < 4.78 is 2.03. The second-order valence-electron chi connectivity index (χ2n) is 7.56. The van der Waals surface area contributed by atoms with E-state index in [1.807, 2.05) is 35.8 Å². The molecule has 1 aliphatic rings. The Labute approximate surface area is 195 Å². The number of pyridine rings is 1. The summed E-state index contributed by atoms with van der Waals surface area (Å²) in [7, 11) is 1.82. The number of piperidine rings is 1. The topological polar surface area (TPSA) is 69.8 Å². The standard InChI is InChI=1S/C22H29N7.HI/c1-17-8-10-19(11-9-17)28-14-5-6-18(16-28)25-22(23-2)24-13-12-21-27-26-20-7-3-4-15-29(20)21;/h3-4,7-11,15,18H,5-6,12-14,16H2,1-2H3,(H2,23,24,25);1H. The number of nitrogens with zero attached hydrogens (tertiary/aromatic N) is 5. The molecule has 2 aromatic heterocycles. The largest absolute Gasteiger partial charge is 0.369 e. The van der Waals surface area contributed by atoms with E-state index >= 15 is 0 Å². The lowest BCUT2D eigenvalue weighted by atomic mass is 10.0. The SMILES string of the molecule is CN=C(NCCc1nnc2ccccn12)NC1CCCN(c2ccc(C)cc2)C1.I. The molecule has 160 valence electrons. The molecule has 1 aliphatic heterocycles. The lowest BCUT2D eigenvalue weighted by Gasteiger charge is -2.35. The number of rotatable bonds is 5. The van der Waals surface area contributed by atoms with Gasteiger partial charge in [-0.15, -0.1) is 34.2 Å². The van der Waals surface area contributed by atoms with Crippen LogP contribution in [0.1, 0.15) is 24.2 Å². The summed E-state index contributed by atoms with van der Waals surface area (Å²) in [4.78, 5) is 6.86. The Hall–Kier alpha value is -2.36. The normalized spacial score (nSPS) is 16.9. The van der Waals surface area contributed by atoms with Crippen LogP contribution in [0.3, 0.4) is 0 Å². The minimum Gasteiger partial charge on any atom is -0.369 e. The minimum atomic E-state index is 0. The van der Waals surface area contributed by atoms with Crippen molar-refractivity contribution < 1.29 is 0 Å². The molecule has 8 heteroatoms. The van der Waals surface area contributed by atoms with Crippen molar-refractivity contribution in [3.05, 3.63) is 60.0 Å². The number of aromatic nitrogens is 3. The van der Waals surface area contributed by atoms with Gasteiger partial charge in [-0.05, 0) is 44.0 Å². The molecule has 0 spiro atoms. The van der Waals surface area contributed by atoms with Crippen molar-refractivity contribution in [2.24, 2.45) is 4.99 Å². The van der Waals surface area contributed by atoms with Gasteiger partial charge < -0.3 is 15.5 Å². The average Bonchev–Trinajstić information content (AvgIpc) is 3.17. The number of hydrogen-bond donors (Lipinski definition) is 2. The first-order chi connectivity index (χ1) is 14.2. The van der Waals surface area contributed by atoms with Gasteiger partial charge in [-0.25, -0.2) is 0 Å². The summed E-state index contributed by atoms with van der Waals surface area (Å²) in [5.41, 5.74) is 3.47. The van der Waals surface area contributed by atoms with Crippen molar-refractivity contribution in [1.82, 2.24) is 25.2 Å². The maximum absolute atomic E-state index is 4.41. The van der Waals surface area contributed by atoms with Gasteiger partial charge in [0.2, 0.25) is 0 Å². The third-order valence-electron chi connectivity index (χ3n) is 5.41. The fourth-order valence-corrected chi connectivity index (χ4v) is 3.83. The van der Waals surface area contributed by atoms with Gasteiger partial charge in [0.15, 0.2) is 11.6 Å². The van der Waals surface area contributed by atoms with Gasteiger partial charge in [0.1, 0.15) is 5.82 Å². The second kappa shape index (κ2) is 10.6. The third kappa shape index (κ3) is 5.41. The fourth-order valence-electron chi connectivity index (χ4n) is 3.83. The van der Waals surface area contributed by atoms with Gasteiger partial charge in [0.25, 0.3) is 0 Å². The Balaban J connectivity index is 0.00000256. The van der Waals surface area contributed by atoms with E-state index in [4.69, 9.17) is 0 Å². The van der Waals surface area contributed by atoms with Gasteiger partial charge in [-0.1, -0.05) is 23.8 Å². The van der Waals surface area contributed by atoms with Crippen molar-refractivity contribution in [2.75, 3.05) is 31.6 Å². The quantitative estimate of drug-likeness (QED) is 0.308. The van der Waals surface area contributed by atoms with E-state index in [1.54, 1.807) is 0 Å². The summed E-state index contributed by atoms with van der Waals surface area (Å²) >= 11 is 0. The van der Waals surface area contributed by atoms with Crippen LogP contribution < -0.4 is 15.5 Å². The van der Waals surface area contributed by atoms with Crippen LogP contribution >= 0.6 is 24.0 Å². The maximum Gasteiger partial charge on any atom is 0.191 e. The zero-order valence-corrected chi connectivity index (χ0v) is 19.9. The predicted molar refractivity (Wildman–Crippen MR) is 133 cm³/mol. The molecule has 0 bridgehead atoms. The molecular weight excluding hydrogens is 489 g/mol. The van der Waals surface area contributed by atoms with Gasteiger partial charge in [-0.3, -0.25) is 9.39 Å². The molecule has 1 unspecified atom stereocenters. The van der Waals surface area contributed by atoms with Crippen molar-refractivity contribution in [1.29, 1.82) is 0 Å². The Morgan fingerprint density at radius 2 is 2.00 bits per heavy atom. The molecular formula is C22H30IN7. The Morgan fingerprint density at radius 3 is 2.80 bits per heavy atom. The number of fused-ring (bicyclic) bond motifs is 1. The molecule has 0 amide bonds. The second-order valence-corrected chi connectivity index (χ2v) is 7.56. The molecule has 0 radical (unpaired) electrons. The molecule has 0 aliphatic carbocycles. The van der Waals surface area contributed by atoms with E-state index in [9.17, 15) is 0 Å². The highest BCUT2D eigenvalue weighted by Gasteiger charge is 2.21. The van der Waals surface area contributed by atoms with Crippen molar-refractivity contribution >= 4 is 41.3 Å². The van der Waals surface area contributed by atoms with Crippen LogP contribution in [0.25, 0.3) is 5.65 Å².